The van der Waals surface area contributed by atoms with E-state index in [1.807, 2.05) is 0 Å². The number of halogens is 3. The zero-order valence-corrected chi connectivity index (χ0v) is 13.9. The number of carboxylic acid groups (broad SMARTS) is 1. The number of pyridine rings is 1. The molecule has 0 saturated heterocycles. The molecular formula is C19H18F3NO3. The van der Waals surface area contributed by atoms with Gasteiger partial charge in [0.25, 0.3) is 0 Å². The van der Waals surface area contributed by atoms with Crippen LogP contribution in [0, 0.1) is 0 Å². The maximum atomic E-state index is 12.4. The highest BCUT2D eigenvalue weighted by molar-refractivity contribution is 5.89. The molecule has 3 rings (SSSR count). The van der Waals surface area contributed by atoms with Gasteiger partial charge in [0.2, 0.25) is 0 Å². The smallest absolute Gasteiger partial charge is 0.478 e. The highest BCUT2D eigenvalue weighted by atomic mass is 19.4. The summed E-state index contributed by atoms with van der Waals surface area (Å²) in [5.74, 6) is -1.00. The number of aromatic carboxylic acids is 1. The van der Waals surface area contributed by atoms with Crippen molar-refractivity contribution in [2.24, 2.45) is 0 Å². The van der Waals surface area contributed by atoms with Crippen molar-refractivity contribution in [3.05, 3.63) is 58.9 Å². The van der Waals surface area contributed by atoms with Crippen LogP contribution in [0.2, 0.25) is 0 Å². The van der Waals surface area contributed by atoms with Gasteiger partial charge in [-0.25, -0.2) is 4.79 Å². The molecule has 1 aromatic heterocycles. The SMILES string of the molecule is O=C(O)c1ccncc1CCC1CCCc2cc(OC(F)(F)F)ccc21. The van der Waals surface area contributed by atoms with Gasteiger partial charge in [0.1, 0.15) is 5.75 Å². The minimum Gasteiger partial charge on any atom is -0.478 e. The monoisotopic (exact) mass is 365 g/mol. The van der Waals surface area contributed by atoms with Crippen molar-refractivity contribution >= 4 is 5.97 Å². The normalized spacial score (nSPS) is 16.8. The molecule has 0 aliphatic heterocycles. The van der Waals surface area contributed by atoms with Crippen molar-refractivity contribution < 1.29 is 27.8 Å². The lowest BCUT2D eigenvalue weighted by Crippen LogP contribution is -2.18. The molecule has 0 radical (unpaired) electrons. The molecule has 0 bridgehead atoms. The van der Waals surface area contributed by atoms with Crippen LogP contribution in [0.3, 0.4) is 0 Å². The van der Waals surface area contributed by atoms with Gasteiger partial charge in [0.15, 0.2) is 0 Å². The fraction of sp³-hybridized carbons (Fsp3) is 0.368. The third-order valence-electron chi connectivity index (χ3n) is 4.68. The minimum atomic E-state index is -4.70. The second-order valence-electron chi connectivity index (χ2n) is 6.37. The number of alkyl halides is 3. The van der Waals surface area contributed by atoms with E-state index < -0.39 is 12.3 Å². The fourth-order valence-corrected chi connectivity index (χ4v) is 3.55. The third kappa shape index (κ3) is 4.33. The van der Waals surface area contributed by atoms with Crippen LogP contribution >= 0.6 is 0 Å². The Hall–Kier alpha value is -2.57. The predicted octanol–water partition coefficient (Wildman–Crippen LogP) is 4.73. The number of hydrogen-bond acceptors (Lipinski definition) is 3. The van der Waals surface area contributed by atoms with E-state index >= 15 is 0 Å². The average molecular weight is 365 g/mol. The molecule has 7 heteroatoms. The van der Waals surface area contributed by atoms with Crippen LogP contribution in [0.25, 0.3) is 0 Å². The summed E-state index contributed by atoms with van der Waals surface area (Å²) in [7, 11) is 0. The largest absolute Gasteiger partial charge is 0.573 e. The van der Waals surface area contributed by atoms with Gasteiger partial charge in [-0.1, -0.05) is 6.07 Å². The van der Waals surface area contributed by atoms with Gasteiger partial charge in [-0.3, -0.25) is 4.98 Å². The number of rotatable bonds is 5. The van der Waals surface area contributed by atoms with Gasteiger partial charge in [-0.15, -0.1) is 13.2 Å². The van der Waals surface area contributed by atoms with Crippen LogP contribution < -0.4 is 4.74 Å². The number of ether oxygens (including phenoxy) is 1. The molecule has 4 nitrogen and oxygen atoms in total. The molecule has 1 aliphatic rings. The Labute approximate surface area is 148 Å². The highest BCUT2D eigenvalue weighted by Crippen LogP contribution is 2.37. The molecule has 0 spiro atoms. The van der Waals surface area contributed by atoms with Gasteiger partial charge in [0.05, 0.1) is 5.56 Å². The quantitative estimate of drug-likeness (QED) is 0.832. The summed E-state index contributed by atoms with van der Waals surface area (Å²) in [6, 6.07) is 5.98. The molecule has 138 valence electrons. The fourth-order valence-electron chi connectivity index (χ4n) is 3.55. The van der Waals surface area contributed by atoms with Crippen LogP contribution in [0.15, 0.2) is 36.7 Å². The second-order valence-corrected chi connectivity index (χ2v) is 6.37. The topological polar surface area (TPSA) is 59.4 Å². The Balaban J connectivity index is 1.75. The Kier molecular flexibility index (Phi) is 5.15. The van der Waals surface area contributed by atoms with E-state index in [2.05, 4.69) is 9.72 Å². The first kappa shape index (κ1) is 18.2. The Morgan fingerprint density at radius 1 is 1.31 bits per heavy atom. The molecule has 1 atom stereocenters. The third-order valence-corrected chi connectivity index (χ3v) is 4.68. The van der Waals surface area contributed by atoms with Crippen molar-refractivity contribution in [1.82, 2.24) is 4.98 Å². The summed E-state index contributed by atoms with van der Waals surface area (Å²) in [4.78, 5) is 15.3. The zero-order valence-electron chi connectivity index (χ0n) is 13.9. The maximum Gasteiger partial charge on any atom is 0.573 e. The summed E-state index contributed by atoms with van der Waals surface area (Å²) in [6.07, 6.45) is 2.11. The molecule has 1 N–H and O–H groups in total. The van der Waals surface area contributed by atoms with Crippen molar-refractivity contribution in [3.8, 4) is 5.75 Å². The molecule has 0 amide bonds. The summed E-state index contributed by atoms with van der Waals surface area (Å²) in [5, 5.41) is 9.25. The molecular weight excluding hydrogens is 347 g/mol. The number of aryl methyl sites for hydroxylation is 2. The average Bonchev–Trinajstić information content (AvgIpc) is 2.58. The number of benzene rings is 1. The van der Waals surface area contributed by atoms with Crippen molar-refractivity contribution in [2.75, 3.05) is 0 Å². The number of fused-ring (bicyclic) bond motifs is 1. The zero-order chi connectivity index (χ0) is 18.7. The highest BCUT2D eigenvalue weighted by Gasteiger charge is 2.31. The molecule has 26 heavy (non-hydrogen) atoms. The Bertz CT molecular complexity index is 805. The number of nitrogens with zero attached hydrogens (tertiary/aromatic N) is 1. The van der Waals surface area contributed by atoms with Gasteiger partial charge >= 0.3 is 12.3 Å². The van der Waals surface area contributed by atoms with E-state index in [-0.39, 0.29) is 17.2 Å². The van der Waals surface area contributed by atoms with Crippen molar-refractivity contribution in [2.45, 2.75) is 44.4 Å². The molecule has 1 aliphatic carbocycles. The van der Waals surface area contributed by atoms with Crippen LogP contribution in [-0.2, 0) is 12.8 Å². The number of carboxylic acids is 1. The minimum absolute atomic E-state index is 0.181. The standard InChI is InChI=1S/C19H18F3NO3/c20-19(21,22)26-15-6-7-16-12(2-1-3-13(16)10-15)4-5-14-11-23-9-8-17(14)18(24)25/h6-12H,1-5H2,(H,24,25). The first-order valence-corrected chi connectivity index (χ1v) is 8.38. The predicted molar refractivity (Wildman–Crippen MR) is 88.3 cm³/mol. The van der Waals surface area contributed by atoms with E-state index in [1.165, 1.54) is 24.4 Å². The van der Waals surface area contributed by atoms with Crippen molar-refractivity contribution in [3.63, 3.8) is 0 Å². The van der Waals surface area contributed by atoms with Gasteiger partial charge < -0.3 is 9.84 Å². The first-order chi connectivity index (χ1) is 12.3. The summed E-state index contributed by atoms with van der Waals surface area (Å²) in [6.45, 7) is 0. The summed E-state index contributed by atoms with van der Waals surface area (Å²) >= 11 is 0. The van der Waals surface area contributed by atoms with E-state index in [9.17, 15) is 23.1 Å². The van der Waals surface area contributed by atoms with Crippen LogP contribution in [-0.4, -0.2) is 22.4 Å². The number of aromatic nitrogens is 1. The molecule has 2 aromatic rings. The lowest BCUT2D eigenvalue weighted by Gasteiger charge is -2.26. The Morgan fingerprint density at radius 2 is 2.12 bits per heavy atom. The van der Waals surface area contributed by atoms with Crippen LogP contribution in [0.1, 0.15) is 52.2 Å². The molecule has 1 aromatic carbocycles. The van der Waals surface area contributed by atoms with Crippen LogP contribution in [0.4, 0.5) is 13.2 Å². The van der Waals surface area contributed by atoms with Gasteiger partial charge in [-0.2, -0.15) is 0 Å². The summed E-state index contributed by atoms with van der Waals surface area (Å²) < 4.78 is 41.2. The maximum absolute atomic E-state index is 12.4. The molecule has 1 heterocycles. The molecule has 0 saturated carbocycles. The Morgan fingerprint density at radius 3 is 2.85 bits per heavy atom. The number of carbonyl (C=O) groups is 1. The lowest BCUT2D eigenvalue weighted by atomic mass is 9.79. The first-order valence-electron chi connectivity index (χ1n) is 8.38. The van der Waals surface area contributed by atoms with E-state index in [4.69, 9.17) is 0 Å². The van der Waals surface area contributed by atoms with E-state index in [0.717, 1.165) is 30.4 Å². The second kappa shape index (κ2) is 7.35. The lowest BCUT2D eigenvalue weighted by molar-refractivity contribution is -0.274. The molecule has 0 fully saturated rings. The van der Waals surface area contributed by atoms with E-state index in [0.29, 0.717) is 18.4 Å². The van der Waals surface area contributed by atoms with Gasteiger partial charge in [-0.05, 0) is 72.9 Å². The van der Waals surface area contributed by atoms with Crippen molar-refractivity contribution in [1.29, 1.82) is 0 Å². The van der Waals surface area contributed by atoms with E-state index in [1.54, 1.807) is 12.3 Å². The number of hydrogen-bond donors (Lipinski definition) is 1. The summed E-state index contributed by atoms with van der Waals surface area (Å²) in [5.41, 5.74) is 2.80. The molecule has 1 unspecified atom stereocenters. The van der Waals surface area contributed by atoms with Gasteiger partial charge in [0, 0.05) is 12.4 Å². The van der Waals surface area contributed by atoms with Crippen LogP contribution in [0.5, 0.6) is 5.75 Å².